The van der Waals surface area contributed by atoms with Crippen LogP contribution in [0.25, 0.3) is 0 Å². The zero-order valence-electron chi connectivity index (χ0n) is 19.5. The molecule has 32 heavy (non-hydrogen) atoms. The summed E-state index contributed by atoms with van der Waals surface area (Å²) >= 11 is 0. The SMILES string of the molecule is CC(C)N1CCN(C2CCCC(F)(F)[C@@H]2NC(=O)N2CCC(c3ccccc3)CC2)CC1. The van der Waals surface area contributed by atoms with Crippen LogP contribution in [0.3, 0.4) is 0 Å². The van der Waals surface area contributed by atoms with Crippen LogP contribution in [0.4, 0.5) is 13.6 Å². The molecule has 0 aromatic heterocycles. The number of benzene rings is 1. The number of nitrogens with one attached hydrogen (secondary N) is 1. The molecule has 7 heteroatoms. The van der Waals surface area contributed by atoms with E-state index in [-0.39, 0.29) is 18.5 Å². The van der Waals surface area contributed by atoms with Crippen LogP contribution in [0, 0.1) is 0 Å². The number of halogens is 2. The summed E-state index contributed by atoms with van der Waals surface area (Å²) in [6.07, 6.45) is 2.84. The van der Waals surface area contributed by atoms with Crippen molar-refractivity contribution in [3.8, 4) is 0 Å². The first-order chi connectivity index (χ1) is 15.3. The number of carbonyl (C=O) groups excluding carboxylic acids is 1. The Labute approximate surface area is 191 Å². The Balaban J connectivity index is 1.36. The Morgan fingerprint density at radius 3 is 2.28 bits per heavy atom. The second kappa shape index (κ2) is 10.0. The van der Waals surface area contributed by atoms with Gasteiger partial charge in [-0.1, -0.05) is 30.3 Å². The number of alkyl halides is 2. The Bertz CT molecular complexity index is 744. The van der Waals surface area contributed by atoms with E-state index in [0.29, 0.717) is 31.5 Å². The molecule has 1 aromatic carbocycles. The van der Waals surface area contributed by atoms with E-state index < -0.39 is 12.0 Å². The Morgan fingerprint density at radius 2 is 1.66 bits per heavy atom. The Kier molecular flexibility index (Phi) is 7.35. The number of piperidine rings is 1. The molecule has 1 aliphatic carbocycles. The summed E-state index contributed by atoms with van der Waals surface area (Å²) in [6.45, 7) is 8.94. The lowest BCUT2D eigenvalue weighted by atomic mass is 9.85. The number of nitrogens with zero attached hydrogens (tertiary/aromatic N) is 3. The molecule has 3 fully saturated rings. The predicted molar refractivity (Wildman–Crippen MR) is 123 cm³/mol. The molecule has 0 radical (unpaired) electrons. The summed E-state index contributed by atoms with van der Waals surface area (Å²) in [7, 11) is 0. The standard InChI is InChI=1S/C25H38F2N4O/c1-19(2)29-15-17-30(18-16-29)22-9-6-12-25(26,27)23(22)28-24(32)31-13-10-21(11-14-31)20-7-4-3-5-8-20/h3-5,7-8,19,21-23H,6,9-18H2,1-2H3,(H,28,32)/t22?,23-/m1/s1. The second-order valence-corrected chi connectivity index (χ2v) is 9.99. The summed E-state index contributed by atoms with van der Waals surface area (Å²) in [6, 6.07) is 9.10. The van der Waals surface area contributed by atoms with Gasteiger partial charge in [-0.2, -0.15) is 0 Å². The molecule has 2 aliphatic heterocycles. The van der Waals surface area contributed by atoms with Crippen LogP contribution in [-0.4, -0.2) is 84.0 Å². The van der Waals surface area contributed by atoms with Crippen LogP contribution in [0.1, 0.15) is 57.4 Å². The molecule has 0 spiro atoms. The quantitative estimate of drug-likeness (QED) is 0.752. The predicted octanol–water partition coefficient (Wildman–Crippen LogP) is 4.16. The Hall–Kier alpha value is -1.73. The van der Waals surface area contributed by atoms with Gasteiger partial charge >= 0.3 is 6.03 Å². The van der Waals surface area contributed by atoms with Crippen molar-refractivity contribution in [3.63, 3.8) is 0 Å². The lowest BCUT2D eigenvalue weighted by Crippen LogP contribution is -2.66. The van der Waals surface area contributed by atoms with Crippen molar-refractivity contribution < 1.29 is 13.6 Å². The molecular formula is C25H38F2N4O. The number of hydrogen-bond acceptors (Lipinski definition) is 3. The zero-order chi connectivity index (χ0) is 22.7. The number of likely N-dealkylation sites (tertiary alicyclic amines) is 1. The van der Waals surface area contributed by atoms with Crippen molar-refractivity contribution >= 4 is 6.03 Å². The number of urea groups is 1. The molecule has 2 amide bonds. The van der Waals surface area contributed by atoms with Crippen LogP contribution >= 0.6 is 0 Å². The van der Waals surface area contributed by atoms with E-state index in [1.165, 1.54) is 5.56 Å². The van der Waals surface area contributed by atoms with E-state index in [9.17, 15) is 4.79 Å². The van der Waals surface area contributed by atoms with E-state index >= 15 is 8.78 Å². The molecular weight excluding hydrogens is 410 g/mol. The number of amides is 2. The molecule has 1 N–H and O–H groups in total. The summed E-state index contributed by atoms with van der Waals surface area (Å²) in [5, 5.41) is 2.80. The molecule has 2 atom stereocenters. The van der Waals surface area contributed by atoms with E-state index in [0.717, 1.165) is 45.4 Å². The fourth-order valence-electron chi connectivity index (χ4n) is 5.70. The van der Waals surface area contributed by atoms with E-state index in [4.69, 9.17) is 0 Å². The highest BCUT2D eigenvalue weighted by Gasteiger charge is 2.50. The van der Waals surface area contributed by atoms with Gasteiger partial charge < -0.3 is 10.2 Å². The molecule has 0 bridgehead atoms. The van der Waals surface area contributed by atoms with Gasteiger partial charge in [0.05, 0.1) is 0 Å². The molecule has 2 heterocycles. The van der Waals surface area contributed by atoms with Crippen LogP contribution < -0.4 is 5.32 Å². The van der Waals surface area contributed by atoms with Gasteiger partial charge in [0.1, 0.15) is 6.04 Å². The highest BCUT2D eigenvalue weighted by atomic mass is 19.3. The maximum Gasteiger partial charge on any atom is 0.317 e. The monoisotopic (exact) mass is 448 g/mol. The van der Waals surface area contributed by atoms with Gasteiger partial charge in [0.15, 0.2) is 0 Å². The average molecular weight is 449 g/mol. The normalized spacial score (nSPS) is 28.1. The first-order valence-electron chi connectivity index (χ1n) is 12.3. The maximum absolute atomic E-state index is 15.0. The van der Waals surface area contributed by atoms with Gasteiger partial charge in [-0.25, -0.2) is 13.6 Å². The van der Waals surface area contributed by atoms with Crippen LogP contribution in [0.2, 0.25) is 0 Å². The molecule has 178 valence electrons. The van der Waals surface area contributed by atoms with Crippen molar-refractivity contribution in [2.24, 2.45) is 0 Å². The molecule has 1 aromatic rings. The molecule has 1 unspecified atom stereocenters. The minimum Gasteiger partial charge on any atom is -0.328 e. The molecule has 2 saturated heterocycles. The van der Waals surface area contributed by atoms with Crippen molar-refractivity contribution in [2.45, 2.75) is 75.9 Å². The third kappa shape index (κ3) is 5.25. The van der Waals surface area contributed by atoms with Crippen molar-refractivity contribution in [2.75, 3.05) is 39.3 Å². The fourth-order valence-corrected chi connectivity index (χ4v) is 5.70. The molecule has 1 saturated carbocycles. The molecule has 5 nitrogen and oxygen atoms in total. The maximum atomic E-state index is 15.0. The summed E-state index contributed by atoms with van der Waals surface area (Å²) in [5.41, 5.74) is 1.30. The third-order valence-corrected chi connectivity index (χ3v) is 7.73. The first-order valence-corrected chi connectivity index (χ1v) is 12.3. The topological polar surface area (TPSA) is 38.8 Å². The van der Waals surface area contributed by atoms with Crippen molar-refractivity contribution in [1.29, 1.82) is 0 Å². The summed E-state index contributed by atoms with van der Waals surface area (Å²) in [5.74, 6) is -2.43. The minimum absolute atomic E-state index is 0.142. The van der Waals surface area contributed by atoms with Crippen molar-refractivity contribution in [3.05, 3.63) is 35.9 Å². The molecule has 3 aliphatic rings. The number of piperazine rings is 1. The third-order valence-electron chi connectivity index (χ3n) is 7.73. The van der Waals surface area contributed by atoms with Crippen LogP contribution in [0.15, 0.2) is 30.3 Å². The van der Waals surface area contributed by atoms with Crippen molar-refractivity contribution in [1.82, 2.24) is 20.0 Å². The highest BCUT2D eigenvalue weighted by Crippen LogP contribution is 2.37. The van der Waals surface area contributed by atoms with Gasteiger partial charge in [-0.15, -0.1) is 0 Å². The van der Waals surface area contributed by atoms with Gasteiger partial charge in [0.25, 0.3) is 5.92 Å². The number of carbonyl (C=O) groups is 1. The summed E-state index contributed by atoms with van der Waals surface area (Å²) in [4.78, 5) is 19.3. The fraction of sp³-hybridized carbons (Fsp3) is 0.720. The lowest BCUT2D eigenvalue weighted by molar-refractivity contribution is -0.0973. The van der Waals surface area contributed by atoms with Gasteiger partial charge in [0, 0.05) is 57.8 Å². The van der Waals surface area contributed by atoms with Gasteiger partial charge in [-0.05, 0) is 51.0 Å². The van der Waals surface area contributed by atoms with E-state index in [1.807, 2.05) is 18.2 Å². The zero-order valence-corrected chi connectivity index (χ0v) is 19.5. The van der Waals surface area contributed by atoms with E-state index in [2.05, 4.69) is 41.1 Å². The van der Waals surface area contributed by atoms with E-state index in [1.54, 1.807) is 4.90 Å². The first kappa shape index (κ1) is 23.4. The number of hydrogen-bond donors (Lipinski definition) is 1. The molecule has 4 rings (SSSR count). The van der Waals surface area contributed by atoms with Crippen LogP contribution in [0.5, 0.6) is 0 Å². The number of rotatable bonds is 4. The smallest absolute Gasteiger partial charge is 0.317 e. The largest absolute Gasteiger partial charge is 0.328 e. The average Bonchev–Trinajstić information content (AvgIpc) is 2.81. The minimum atomic E-state index is -2.86. The Morgan fingerprint density at radius 1 is 1.00 bits per heavy atom. The van der Waals surface area contributed by atoms with Gasteiger partial charge in [0.2, 0.25) is 0 Å². The lowest BCUT2D eigenvalue weighted by Gasteiger charge is -2.47. The highest BCUT2D eigenvalue weighted by molar-refractivity contribution is 5.75. The second-order valence-electron chi connectivity index (χ2n) is 9.99. The van der Waals surface area contributed by atoms with Crippen LogP contribution in [-0.2, 0) is 0 Å². The summed E-state index contributed by atoms with van der Waals surface area (Å²) < 4.78 is 30.0. The van der Waals surface area contributed by atoms with Gasteiger partial charge in [-0.3, -0.25) is 9.80 Å².